The van der Waals surface area contributed by atoms with Crippen molar-refractivity contribution >= 4 is 17.5 Å². The lowest BCUT2D eigenvalue weighted by Crippen LogP contribution is -2.37. The molecule has 2 heterocycles. The minimum absolute atomic E-state index is 0.0371. The lowest BCUT2D eigenvalue weighted by atomic mass is 10.0. The van der Waals surface area contributed by atoms with Gasteiger partial charge in [-0.05, 0) is 50.7 Å². The Morgan fingerprint density at radius 1 is 1.33 bits per heavy atom. The van der Waals surface area contributed by atoms with Crippen LogP contribution in [-0.4, -0.2) is 49.1 Å². The number of carbonyl (C=O) groups excluding carboxylic acids is 2. The van der Waals surface area contributed by atoms with Crippen LogP contribution < -0.4 is 10.1 Å². The summed E-state index contributed by atoms with van der Waals surface area (Å²) in [6, 6.07) is 5.86. The van der Waals surface area contributed by atoms with Gasteiger partial charge in [0.1, 0.15) is 5.75 Å². The van der Waals surface area contributed by atoms with E-state index in [2.05, 4.69) is 5.32 Å². The second-order valence-electron chi connectivity index (χ2n) is 7.21. The van der Waals surface area contributed by atoms with Crippen LogP contribution in [0.4, 0.5) is 5.69 Å². The average molecular weight is 374 g/mol. The molecule has 6 heteroatoms. The normalized spacial score (nSPS) is 18.7. The van der Waals surface area contributed by atoms with Crippen LogP contribution in [0.1, 0.15) is 51.0 Å². The van der Waals surface area contributed by atoms with Crippen molar-refractivity contribution in [3.05, 3.63) is 23.8 Å². The van der Waals surface area contributed by atoms with E-state index in [-0.39, 0.29) is 17.9 Å². The third-order valence-corrected chi connectivity index (χ3v) is 5.22. The minimum Gasteiger partial charge on any atom is -0.491 e. The molecule has 1 unspecified atom stereocenters. The molecule has 1 aromatic carbocycles. The monoisotopic (exact) mass is 374 g/mol. The number of anilines is 1. The Hall–Kier alpha value is -2.08. The van der Waals surface area contributed by atoms with Gasteiger partial charge >= 0.3 is 0 Å². The number of amides is 2. The molecular weight excluding hydrogens is 344 g/mol. The number of para-hydroxylation sites is 1. The summed E-state index contributed by atoms with van der Waals surface area (Å²) in [6.45, 7) is 4.81. The van der Waals surface area contributed by atoms with E-state index >= 15 is 0 Å². The lowest BCUT2D eigenvalue weighted by molar-refractivity contribution is -0.132. The van der Waals surface area contributed by atoms with E-state index < -0.39 is 0 Å². The van der Waals surface area contributed by atoms with Crippen molar-refractivity contribution in [2.75, 3.05) is 31.6 Å². The quantitative estimate of drug-likeness (QED) is 0.674. The van der Waals surface area contributed by atoms with Crippen molar-refractivity contribution in [3.8, 4) is 5.75 Å². The molecule has 0 aromatic heterocycles. The van der Waals surface area contributed by atoms with E-state index in [0.717, 1.165) is 62.3 Å². The second-order valence-corrected chi connectivity index (χ2v) is 7.21. The van der Waals surface area contributed by atoms with Gasteiger partial charge in [0.2, 0.25) is 11.8 Å². The van der Waals surface area contributed by atoms with Crippen LogP contribution in [0, 0.1) is 0 Å². The highest BCUT2D eigenvalue weighted by Crippen LogP contribution is 2.32. The SMILES string of the molecule is CCN(CC1CCCO1)C(=O)CCCCOc1cccc2c1NC(=O)CC2. The molecule has 1 saturated heterocycles. The topological polar surface area (TPSA) is 67.9 Å². The van der Waals surface area contributed by atoms with Crippen LogP contribution in [-0.2, 0) is 20.7 Å². The van der Waals surface area contributed by atoms with E-state index in [0.29, 0.717) is 26.0 Å². The number of nitrogens with one attached hydrogen (secondary N) is 1. The highest BCUT2D eigenvalue weighted by molar-refractivity contribution is 5.95. The lowest BCUT2D eigenvalue weighted by Gasteiger charge is -2.24. The van der Waals surface area contributed by atoms with Crippen LogP contribution in [0.3, 0.4) is 0 Å². The maximum atomic E-state index is 12.4. The first-order valence-corrected chi connectivity index (χ1v) is 10.1. The predicted molar refractivity (Wildman–Crippen MR) is 104 cm³/mol. The molecule has 3 rings (SSSR count). The van der Waals surface area contributed by atoms with E-state index in [4.69, 9.17) is 9.47 Å². The Labute approximate surface area is 161 Å². The molecule has 6 nitrogen and oxygen atoms in total. The number of aryl methyl sites for hydroxylation is 1. The summed E-state index contributed by atoms with van der Waals surface area (Å²) in [5.41, 5.74) is 1.92. The first-order chi connectivity index (χ1) is 13.2. The number of fused-ring (bicyclic) bond motifs is 1. The molecule has 0 radical (unpaired) electrons. The fraction of sp³-hybridized carbons (Fsp3) is 0.619. The summed E-state index contributed by atoms with van der Waals surface area (Å²) >= 11 is 0. The van der Waals surface area contributed by atoms with Gasteiger partial charge in [0.05, 0.1) is 18.4 Å². The van der Waals surface area contributed by atoms with Crippen molar-refractivity contribution in [2.45, 2.75) is 58.0 Å². The number of benzene rings is 1. The zero-order chi connectivity index (χ0) is 19.1. The van der Waals surface area contributed by atoms with Gasteiger partial charge in [0, 0.05) is 32.5 Å². The van der Waals surface area contributed by atoms with E-state index in [1.54, 1.807) is 0 Å². The van der Waals surface area contributed by atoms with Crippen LogP contribution in [0.15, 0.2) is 18.2 Å². The molecule has 0 spiro atoms. The third-order valence-electron chi connectivity index (χ3n) is 5.22. The third kappa shape index (κ3) is 5.45. The number of hydrogen-bond donors (Lipinski definition) is 1. The smallest absolute Gasteiger partial charge is 0.224 e. The van der Waals surface area contributed by atoms with Crippen molar-refractivity contribution in [1.82, 2.24) is 4.90 Å². The predicted octanol–water partition coefficient (Wildman–Crippen LogP) is 3.15. The van der Waals surface area contributed by atoms with Crippen molar-refractivity contribution < 1.29 is 19.1 Å². The Morgan fingerprint density at radius 3 is 3.00 bits per heavy atom. The number of hydrogen-bond acceptors (Lipinski definition) is 4. The standard InChI is InChI=1S/C21H30N2O4/c1-2-23(15-17-8-6-14-26-17)20(25)10-3-4-13-27-18-9-5-7-16-11-12-19(24)22-21(16)18/h5,7,9,17H,2-4,6,8,10-15H2,1H3,(H,22,24). The molecule has 1 fully saturated rings. The average Bonchev–Trinajstić information content (AvgIpc) is 3.19. The maximum Gasteiger partial charge on any atom is 0.224 e. The number of ether oxygens (including phenoxy) is 2. The number of likely N-dealkylation sites (N-methyl/N-ethyl adjacent to an activating group) is 1. The van der Waals surface area contributed by atoms with Gasteiger partial charge in [-0.2, -0.15) is 0 Å². The number of carbonyl (C=O) groups is 2. The van der Waals surface area contributed by atoms with Gasteiger partial charge in [-0.15, -0.1) is 0 Å². The van der Waals surface area contributed by atoms with Crippen molar-refractivity contribution in [3.63, 3.8) is 0 Å². The Bertz CT molecular complexity index is 656. The fourth-order valence-corrected chi connectivity index (χ4v) is 3.66. The van der Waals surface area contributed by atoms with Crippen LogP contribution in [0.5, 0.6) is 5.75 Å². The molecule has 0 saturated carbocycles. The van der Waals surface area contributed by atoms with Gasteiger partial charge in [-0.3, -0.25) is 9.59 Å². The molecule has 1 aromatic rings. The number of rotatable bonds is 9. The molecule has 27 heavy (non-hydrogen) atoms. The summed E-state index contributed by atoms with van der Waals surface area (Å²) in [5, 5.41) is 2.91. The molecule has 0 bridgehead atoms. The Balaban J connectivity index is 1.39. The molecule has 148 valence electrons. The molecule has 2 aliphatic heterocycles. The summed E-state index contributed by atoms with van der Waals surface area (Å²) in [4.78, 5) is 25.9. The first kappa shape index (κ1) is 19.7. The van der Waals surface area contributed by atoms with E-state index in [1.807, 2.05) is 30.0 Å². The summed E-state index contributed by atoms with van der Waals surface area (Å²) in [7, 11) is 0. The van der Waals surface area contributed by atoms with E-state index in [1.165, 1.54) is 0 Å². The summed E-state index contributed by atoms with van der Waals surface area (Å²) < 4.78 is 11.5. The first-order valence-electron chi connectivity index (χ1n) is 10.1. The zero-order valence-corrected chi connectivity index (χ0v) is 16.2. The molecule has 2 aliphatic rings. The van der Waals surface area contributed by atoms with Crippen LogP contribution in [0.25, 0.3) is 0 Å². The minimum atomic E-state index is 0.0371. The van der Waals surface area contributed by atoms with Gasteiger partial charge in [-0.1, -0.05) is 12.1 Å². The van der Waals surface area contributed by atoms with Gasteiger partial charge < -0.3 is 19.7 Å². The molecule has 1 atom stereocenters. The fourth-order valence-electron chi connectivity index (χ4n) is 3.66. The number of nitrogens with zero attached hydrogens (tertiary/aromatic N) is 1. The molecule has 2 amide bonds. The van der Waals surface area contributed by atoms with Gasteiger partial charge in [0.15, 0.2) is 0 Å². The van der Waals surface area contributed by atoms with Crippen LogP contribution >= 0.6 is 0 Å². The second kappa shape index (κ2) is 9.74. The van der Waals surface area contributed by atoms with Crippen LogP contribution in [0.2, 0.25) is 0 Å². The Morgan fingerprint density at radius 2 is 2.22 bits per heavy atom. The van der Waals surface area contributed by atoms with Gasteiger partial charge in [-0.25, -0.2) is 0 Å². The van der Waals surface area contributed by atoms with E-state index in [9.17, 15) is 9.59 Å². The maximum absolute atomic E-state index is 12.4. The molecule has 0 aliphatic carbocycles. The zero-order valence-electron chi connectivity index (χ0n) is 16.2. The Kier molecular flexibility index (Phi) is 7.10. The van der Waals surface area contributed by atoms with Crippen molar-refractivity contribution in [2.24, 2.45) is 0 Å². The van der Waals surface area contributed by atoms with Crippen molar-refractivity contribution in [1.29, 1.82) is 0 Å². The molecule has 1 N–H and O–H groups in total. The summed E-state index contributed by atoms with van der Waals surface area (Å²) in [6.07, 6.45) is 5.77. The summed E-state index contributed by atoms with van der Waals surface area (Å²) in [5.74, 6) is 0.952. The molecular formula is C21H30N2O4. The highest BCUT2D eigenvalue weighted by atomic mass is 16.5. The largest absolute Gasteiger partial charge is 0.491 e. The number of unbranched alkanes of at least 4 members (excludes halogenated alkanes) is 1. The van der Waals surface area contributed by atoms with Gasteiger partial charge in [0.25, 0.3) is 0 Å². The highest BCUT2D eigenvalue weighted by Gasteiger charge is 2.21.